The van der Waals surface area contributed by atoms with Crippen molar-refractivity contribution in [2.75, 3.05) is 51.4 Å². The first-order valence-corrected chi connectivity index (χ1v) is 9.20. The van der Waals surface area contributed by atoms with Crippen LogP contribution in [0.25, 0.3) is 11.1 Å². The molecule has 148 valence electrons. The molecule has 8 nitrogen and oxygen atoms in total. The van der Waals surface area contributed by atoms with Gasteiger partial charge in [-0.05, 0) is 37.9 Å². The van der Waals surface area contributed by atoms with E-state index in [1.807, 2.05) is 43.3 Å². The zero-order chi connectivity index (χ0) is 20.1. The lowest BCUT2D eigenvalue weighted by Gasteiger charge is -2.39. The Bertz CT molecular complexity index is 901. The number of nitrogens with zero attached hydrogens (tertiary/aromatic N) is 3. The summed E-state index contributed by atoms with van der Waals surface area (Å²) in [5.41, 5.74) is 2.13. The van der Waals surface area contributed by atoms with Gasteiger partial charge >= 0.3 is 0 Å². The van der Waals surface area contributed by atoms with Crippen molar-refractivity contribution in [3.8, 4) is 11.1 Å². The van der Waals surface area contributed by atoms with E-state index in [9.17, 15) is 9.59 Å². The molecule has 0 aromatic carbocycles. The normalized spacial score (nSPS) is 14.4. The highest BCUT2D eigenvalue weighted by atomic mass is 16.2. The number of H-pyrrole nitrogens is 1. The number of carbonyl (C=O) groups excluding carboxylic acids is 1. The second kappa shape index (κ2) is 8.71. The lowest BCUT2D eigenvalue weighted by molar-refractivity contribution is -0.129. The van der Waals surface area contributed by atoms with E-state index in [1.165, 1.54) is 0 Å². The summed E-state index contributed by atoms with van der Waals surface area (Å²) in [6.45, 7) is 1.87. The summed E-state index contributed by atoms with van der Waals surface area (Å²) in [4.78, 5) is 35.2. The Hall–Kier alpha value is -3.13. The van der Waals surface area contributed by atoms with Crippen LogP contribution in [0.15, 0.2) is 47.5 Å². The maximum Gasteiger partial charge on any atom is 0.272 e. The third-order valence-corrected chi connectivity index (χ3v) is 4.57. The van der Waals surface area contributed by atoms with E-state index < -0.39 is 0 Å². The van der Waals surface area contributed by atoms with Crippen LogP contribution in [0.1, 0.15) is 0 Å². The first-order valence-electron chi connectivity index (χ1n) is 9.20. The van der Waals surface area contributed by atoms with Crippen LogP contribution in [0.2, 0.25) is 0 Å². The highest BCUT2D eigenvalue weighted by Crippen LogP contribution is 2.27. The molecule has 1 saturated heterocycles. The summed E-state index contributed by atoms with van der Waals surface area (Å²) in [5, 5.41) is 6.28. The van der Waals surface area contributed by atoms with Crippen molar-refractivity contribution in [3.63, 3.8) is 0 Å². The van der Waals surface area contributed by atoms with Crippen LogP contribution in [0, 0.1) is 0 Å². The van der Waals surface area contributed by atoms with Gasteiger partial charge in [0.1, 0.15) is 11.5 Å². The molecule has 1 aliphatic heterocycles. The van der Waals surface area contributed by atoms with Gasteiger partial charge in [0.05, 0.1) is 6.04 Å². The number of hydrogen-bond donors (Lipinski definition) is 3. The third kappa shape index (κ3) is 4.58. The summed E-state index contributed by atoms with van der Waals surface area (Å²) >= 11 is 0. The first-order chi connectivity index (χ1) is 13.5. The Morgan fingerprint density at radius 1 is 1.36 bits per heavy atom. The van der Waals surface area contributed by atoms with Crippen LogP contribution in [0.4, 0.5) is 11.5 Å². The molecular weight excluding hydrogens is 356 g/mol. The van der Waals surface area contributed by atoms with E-state index in [0.29, 0.717) is 24.6 Å². The molecular formula is C20H26N6O2. The molecule has 1 fully saturated rings. The molecule has 2 aromatic rings. The molecule has 28 heavy (non-hydrogen) atoms. The van der Waals surface area contributed by atoms with Gasteiger partial charge in [0.15, 0.2) is 0 Å². The van der Waals surface area contributed by atoms with E-state index in [-0.39, 0.29) is 17.5 Å². The van der Waals surface area contributed by atoms with Crippen molar-refractivity contribution in [2.45, 2.75) is 6.04 Å². The second-order valence-electron chi connectivity index (χ2n) is 7.04. The predicted molar refractivity (Wildman–Crippen MR) is 112 cm³/mol. The van der Waals surface area contributed by atoms with Gasteiger partial charge in [0, 0.05) is 50.7 Å². The lowest BCUT2D eigenvalue weighted by atomic mass is 10.1. The first kappa shape index (κ1) is 19.6. The number of amides is 1. The fourth-order valence-corrected chi connectivity index (χ4v) is 3.03. The quantitative estimate of drug-likeness (QED) is 0.624. The van der Waals surface area contributed by atoms with Crippen LogP contribution in [-0.4, -0.2) is 72.5 Å². The second-order valence-corrected chi connectivity index (χ2v) is 7.04. The number of aromatic amines is 1. The van der Waals surface area contributed by atoms with Crippen molar-refractivity contribution >= 4 is 17.4 Å². The van der Waals surface area contributed by atoms with Gasteiger partial charge in [0.2, 0.25) is 5.91 Å². The molecule has 2 aromatic heterocycles. The largest absolute Gasteiger partial charge is 0.374 e. The van der Waals surface area contributed by atoms with Gasteiger partial charge < -0.3 is 25.4 Å². The minimum Gasteiger partial charge on any atom is -0.374 e. The van der Waals surface area contributed by atoms with Crippen molar-refractivity contribution < 1.29 is 4.79 Å². The van der Waals surface area contributed by atoms with Crippen LogP contribution < -0.4 is 16.2 Å². The highest BCUT2D eigenvalue weighted by Gasteiger charge is 2.30. The molecule has 3 N–H and O–H groups in total. The summed E-state index contributed by atoms with van der Waals surface area (Å²) in [5.74, 6) is 0.648. The molecule has 3 rings (SSSR count). The SMILES string of the molecule is CNc1[nH]c(=O)c(NC2CN(C(=O)/C=C/CN(C)C)C2)cc1-c1ccncc1. The molecule has 0 unspecified atom stereocenters. The van der Waals surface area contributed by atoms with E-state index in [4.69, 9.17) is 0 Å². The predicted octanol–water partition coefficient (Wildman–Crippen LogP) is 1.22. The van der Waals surface area contributed by atoms with Crippen molar-refractivity contribution in [1.82, 2.24) is 19.8 Å². The average molecular weight is 382 g/mol. The Morgan fingerprint density at radius 2 is 2.07 bits per heavy atom. The number of hydrogen-bond acceptors (Lipinski definition) is 6. The third-order valence-electron chi connectivity index (χ3n) is 4.57. The summed E-state index contributed by atoms with van der Waals surface area (Å²) in [6.07, 6.45) is 6.88. The maximum absolute atomic E-state index is 12.4. The van der Waals surface area contributed by atoms with Crippen molar-refractivity contribution in [1.29, 1.82) is 0 Å². The van der Waals surface area contributed by atoms with E-state index in [2.05, 4.69) is 20.6 Å². The highest BCUT2D eigenvalue weighted by molar-refractivity contribution is 5.88. The lowest BCUT2D eigenvalue weighted by Crippen LogP contribution is -2.57. The Morgan fingerprint density at radius 3 is 2.71 bits per heavy atom. The van der Waals surface area contributed by atoms with E-state index >= 15 is 0 Å². The van der Waals surface area contributed by atoms with Gasteiger partial charge in [-0.3, -0.25) is 14.6 Å². The smallest absolute Gasteiger partial charge is 0.272 e. The molecule has 0 atom stereocenters. The summed E-state index contributed by atoms with van der Waals surface area (Å²) in [6, 6.07) is 5.67. The number of aromatic nitrogens is 2. The average Bonchev–Trinajstić information content (AvgIpc) is 2.65. The monoisotopic (exact) mass is 382 g/mol. The Kier molecular flexibility index (Phi) is 6.10. The van der Waals surface area contributed by atoms with Gasteiger partial charge in [-0.15, -0.1) is 0 Å². The molecule has 3 heterocycles. The van der Waals surface area contributed by atoms with Gasteiger partial charge in [-0.25, -0.2) is 0 Å². The van der Waals surface area contributed by atoms with E-state index in [0.717, 1.165) is 17.7 Å². The fraction of sp³-hybridized carbons (Fsp3) is 0.350. The molecule has 0 bridgehead atoms. The number of carbonyl (C=O) groups is 1. The van der Waals surface area contributed by atoms with Crippen LogP contribution >= 0.6 is 0 Å². The van der Waals surface area contributed by atoms with Gasteiger partial charge in [-0.1, -0.05) is 6.08 Å². The van der Waals surface area contributed by atoms with Crippen LogP contribution in [-0.2, 0) is 4.79 Å². The van der Waals surface area contributed by atoms with Gasteiger partial charge in [-0.2, -0.15) is 0 Å². The van der Waals surface area contributed by atoms with Gasteiger partial charge in [0.25, 0.3) is 5.56 Å². The molecule has 0 radical (unpaired) electrons. The molecule has 8 heteroatoms. The van der Waals surface area contributed by atoms with Crippen LogP contribution in [0.3, 0.4) is 0 Å². The fourth-order valence-electron chi connectivity index (χ4n) is 3.03. The zero-order valence-corrected chi connectivity index (χ0v) is 16.4. The minimum atomic E-state index is -0.196. The summed E-state index contributed by atoms with van der Waals surface area (Å²) in [7, 11) is 5.67. The maximum atomic E-state index is 12.4. The molecule has 0 spiro atoms. The number of anilines is 2. The molecule has 1 aliphatic rings. The number of likely N-dealkylation sites (N-methyl/N-ethyl adjacent to an activating group) is 1. The van der Waals surface area contributed by atoms with Crippen LogP contribution in [0.5, 0.6) is 0 Å². The minimum absolute atomic E-state index is 0.00295. The summed E-state index contributed by atoms with van der Waals surface area (Å²) < 4.78 is 0. The number of likely N-dealkylation sites (tertiary alicyclic amines) is 1. The van der Waals surface area contributed by atoms with E-state index in [1.54, 1.807) is 30.4 Å². The molecule has 0 saturated carbocycles. The molecule has 0 aliphatic carbocycles. The standard InChI is InChI=1S/C20H26N6O2/c1-21-19-16(14-6-8-22-9-7-14)11-17(20(28)24-19)23-15-12-26(13-15)18(27)5-4-10-25(2)3/h4-9,11,15,23H,10,12-13H2,1-3H3,(H2,21,24,28)/b5-4+. The van der Waals surface area contributed by atoms with Crippen molar-refractivity contribution in [3.05, 3.63) is 53.1 Å². The Balaban J connectivity index is 1.67. The van der Waals surface area contributed by atoms with Crippen molar-refractivity contribution in [2.24, 2.45) is 0 Å². The zero-order valence-electron chi connectivity index (χ0n) is 16.4. The topological polar surface area (TPSA) is 93.4 Å². The number of pyridine rings is 2. The molecule has 1 amide bonds. The number of rotatable bonds is 7. The Labute approximate surface area is 164 Å². The number of nitrogens with one attached hydrogen (secondary N) is 3.